The van der Waals surface area contributed by atoms with Crippen molar-refractivity contribution in [2.24, 2.45) is 0 Å². The number of esters is 1. The summed E-state index contributed by atoms with van der Waals surface area (Å²) in [5.41, 5.74) is 6.39. The molecule has 0 bridgehead atoms. The first-order chi connectivity index (χ1) is 9.10. The van der Waals surface area contributed by atoms with Gasteiger partial charge >= 0.3 is 5.97 Å². The van der Waals surface area contributed by atoms with Crippen molar-refractivity contribution in [1.29, 1.82) is 0 Å². The zero-order valence-electron chi connectivity index (χ0n) is 10.2. The van der Waals surface area contributed by atoms with Gasteiger partial charge in [-0.15, -0.1) is 0 Å². The topological polar surface area (TPSA) is 61.5 Å². The minimum Gasteiger partial charge on any atom is -0.465 e. The summed E-state index contributed by atoms with van der Waals surface area (Å²) in [6.07, 6.45) is 0. The van der Waals surface area contributed by atoms with Gasteiger partial charge in [0, 0.05) is 10.7 Å². The van der Waals surface area contributed by atoms with Crippen molar-refractivity contribution in [1.82, 2.24) is 0 Å². The SMILES string of the molecule is COC(=O)c1cc(N)ccc1Oc1ccc(Cl)cc1. The minimum absolute atomic E-state index is 0.275. The molecule has 0 aromatic heterocycles. The maximum absolute atomic E-state index is 11.7. The van der Waals surface area contributed by atoms with Gasteiger partial charge in [0.15, 0.2) is 0 Å². The Morgan fingerprint density at radius 2 is 1.84 bits per heavy atom. The normalized spacial score (nSPS) is 10.0. The average molecular weight is 278 g/mol. The summed E-state index contributed by atoms with van der Waals surface area (Å²) in [5.74, 6) is 0.443. The zero-order valence-corrected chi connectivity index (χ0v) is 11.0. The third-order valence-corrected chi connectivity index (χ3v) is 2.70. The second-order valence-electron chi connectivity index (χ2n) is 3.80. The van der Waals surface area contributed by atoms with Crippen molar-refractivity contribution in [3.63, 3.8) is 0 Å². The van der Waals surface area contributed by atoms with Crippen LogP contribution >= 0.6 is 11.6 Å². The fourth-order valence-corrected chi connectivity index (χ4v) is 1.66. The van der Waals surface area contributed by atoms with Crippen LogP contribution in [0.4, 0.5) is 5.69 Å². The second kappa shape index (κ2) is 5.63. The van der Waals surface area contributed by atoms with Crippen molar-refractivity contribution in [3.05, 3.63) is 53.1 Å². The number of nitrogens with two attached hydrogens (primary N) is 1. The number of halogens is 1. The van der Waals surface area contributed by atoms with E-state index in [0.717, 1.165) is 0 Å². The standard InChI is InChI=1S/C14H12ClNO3/c1-18-14(17)12-8-10(16)4-7-13(12)19-11-5-2-9(15)3-6-11/h2-8H,16H2,1H3. The lowest BCUT2D eigenvalue weighted by molar-refractivity contribution is 0.0598. The number of rotatable bonds is 3. The number of nitrogen functional groups attached to an aromatic ring is 1. The van der Waals surface area contributed by atoms with Crippen molar-refractivity contribution in [2.45, 2.75) is 0 Å². The van der Waals surface area contributed by atoms with Crippen LogP contribution in [0.1, 0.15) is 10.4 Å². The van der Waals surface area contributed by atoms with Crippen molar-refractivity contribution in [3.8, 4) is 11.5 Å². The number of hydrogen-bond acceptors (Lipinski definition) is 4. The van der Waals surface area contributed by atoms with E-state index in [1.165, 1.54) is 13.2 Å². The van der Waals surface area contributed by atoms with E-state index in [-0.39, 0.29) is 5.56 Å². The fourth-order valence-electron chi connectivity index (χ4n) is 1.54. The third-order valence-electron chi connectivity index (χ3n) is 2.45. The fraction of sp³-hybridized carbons (Fsp3) is 0.0714. The highest BCUT2D eigenvalue weighted by Crippen LogP contribution is 2.28. The second-order valence-corrected chi connectivity index (χ2v) is 4.24. The van der Waals surface area contributed by atoms with E-state index in [9.17, 15) is 4.79 Å². The van der Waals surface area contributed by atoms with Crippen LogP contribution in [0.3, 0.4) is 0 Å². The van der Waals surface area contributed by atoms with Gasteiger partial charge in [-0.1, -0.05) is 11.6 Å². The van der Waals surface area contributed by atoms with E-state index >= 15 is 0 Å². The van der Waals surface area contributed by atoms with Crippen LogP contribution in [0.25, 0.3) is 0 Å². The Morgan fingerprint density at radius 1 is 1.16 bits per heavy atom. The van der Waals surface area contributed by atoms with E-state index < -0.39 is 5.97 Å². The van der Waals surface area contributed by atoms with E-state index in [2.05, 4.69) is 0 Å². The lowest BCUT2D eigenvalue weighted by Crippen LogP contribution is -2.04. The number of ether oxygens (including phenoxy) is 2. The predicted molar refractivity (Wildman–Crippen MR) is 73.7 cm³/mol. The Balaban J connectivity index is 2.34. The Kier molecular flexibility index (Phi) is 3.92. The number of anilines is 1. The molecule has 0 radical (unpaired) electrons. The lowest BCUT2D eigenvalue weighted by atomic mass is 10.2. The lowest BCUT2D eigenvalue weighted by Gasteiger charge is -2.10. The Hall–Kier alpha value is -2.20. The Bertz CT molecular complexity index is 596. The van der Waals surface area contributed by atoms with E-state index in [1.807, 2.05) is 0 Å². The highest BCUT2D eigenvalue weighted by molar-refractivity contribution is 6.30. The molecule has 2 aromatic rings. The molecular formula is C14H12ClNO3. The van der Waals surface area contributed by atoms with Gasteiger partial charge in [-0.2, -0.15) is 0 Å². The van der Waals surface area contributed by atoms with Gasteiger partial charge < -0.3 is 15.2 Å². The largest absolute Gasteiger partial charge is 0.465 e. The first-order valence-corrected chi connectivity index (χ1v) is 5.89. The van der Waals surface area contributed by atoms with Crippen molar-refractivity contribution < 1.29 is 14.3 Å². The van der Waals surface area contributed by atoms with Crippen molar-refractivity contribution in [2.75, 3.05) is 12.8 Å². The molecule has 4 nitrogen and oxygen atoms in total. The molecule has 2 aromatic carbocycles. The molecule has 0 saturated heterocycles. The molecule has 0 unspecified atom stereocenters. The first-order valence-electron chi connectivity index (χ1n) is 5.51. The number of benzene rings is 2. The van der Waals surface area contributed by atoms with Crippen LogP contribution in [0.5, 0.6) is 11.5 Å². The van der Waals surface area contributed by atoms with Crippen molar-refractivity contribution >= 4 is 23.3 Å². The smallest absolute Gasteiger partial charge is 0.341 e. The molecule has 0 aliphatic heterocycles. The summed E-state index contributed by atoms with van der Waals surface area (Å²) in [6, 6.07) is 11.6. The summed E-state index contributed by atoms with van der Waals surface area (Å²) < 4.78 is 10.3. The van der Waals surface area contributed by atoms with Crippen LogP contribution < -0.4 is 10.5 Å². The number of carbonyl (C=O) groups is 1. The van der Waals surface area contributed by atoms with Gasteiger partial charge in [-0.05, 0) is 42.5 Å². The molecule has 0 saturated carbocycles. The molecule has 19 heavy (non-hydrogen) atoms. The zero-order chi connectivity index (χ0) is 13.8. The molecule has 98 valence electrons. The molecule has 2 N–H and O–H groups in total. The van der Waals surface area contributed by atoms with E-state index in [4.69, 9.17) is 26.8 Å². The van der Waals surface area contributed by atoms with Crippen LogP contribution in [-0.4, -0.2) is 13.1 Å². The van der Waals surface area contributed by atoms with Crippen LogP contribution in [0.15, 0.2) is 42.5 Å². The van der Waals surface area contributed by atoms with E-state index in [1.54, 1.807) is 36.4 Å². The number of methoxy groups -OCH3 is 1. The molecule has 0 heterocycles. The summed E-state index contributed by atoms with van der Waals surface area (Å²) in [5, 5.41) is 0.609. The maximum atomic E-state index is 11.7. The average Bonchev–Trinajstić information content (AvgIpc) is 2.42. The predicted octanol–water partition coefficient (Wildman–Crippen LogP) is 3.50. The molecule has 0 atom stereocenters. The molecule has 5 heteroatoms. The van der Waals surface area contributed by atoms with Gasteiger partial charge in [0.25, 0.3) is 0 Å². The van der Waals surface area contributed by atoms with Gasteiger partial charge in [-0.25, -0.2) is 4.79 Å². The summed E-state index contributed by atoms with van der Waals surface area (Å²) in [7, 11) is 1.30. The monoisotopic (exact) mass is 277 g/mol. The van der Waals surface area contributed by atoms with Gasteiger partial charge in [0.2, 0.25) is 0 Å². The van der Waals surface area contributed by atoms with Gasteiger partial charge in [-0.3, -0.25) is 0 Å². The first kappa shape index (κ1) is 13.2. The third kappa shape index (κ3) is 3.17. The molecule has 0 spiro atoms. The van der Waals surface area contributed by atoms with Gasteiger partial charge in [0.1, 0.15) is 17.1 Å². The Morgan fingerprint density at radius 3 is 2.47 bits per heavy atom. The number of hydrogen-bond donors (Lipinski definition) is 1. The summed E-state index contributed by atoms with van der Waals surface area (Å²) in [6.45, 7) is 0. The summed E-state index contributed by atoms with van der Waals surface area (Å²) in [4.78, 5) is 11.7. The molecular weight excluding hydrogens is 266 g/mol. The Labute approximate surface area is 115 Å². The van der Waals surface area contributed by atoms with Crippen LogP contribution in [0, 0.1) is 0 Å². The summed E-state index contributed by atoms with van der Waals surface area (Å²) >= 11 is 5.79. The minimum atomic E-state index is -0.503. The van der Waals surface area contributed by atoms with Crippen LogP contribution in [-0.2, 0) is 4.74 Å². The maximum Gasteiger partial charge on any atom is 0.341 e. The highest BCUT2D eigenvalue weighted by atomic mass is 35.5. The quantitative estimate of drug-likeness (QED) is 0.689. The van der Waals surface area contributed by atoms with Gasteiger partial charge in [0.05, 0.1) is 7.11 Å². The molecule has 0 aliphatic rings. The highest BCUT2D eigenvalue weighted by Gasteiger charge is 2.14. The van der Waals surface area contributed by atoms with Crippen LogP contribution in [0.2, 0.25) is 5.02 Å². The molecule has 2 rings (SSSR count). The molecule has 0 aliphatic carbocycles. The molecule has 0 fully saturated rings. The van der Waals surface area contributed by atoms with E-state index in [0.29, 0.717) is 22.2 Å². The molecule has 0 amide bonds. The number of carbonyl (C=O) groups excluding carboxylic acids is 1.